The minimum absolute atomic E-state index is 0.0216. The van der Waals surface area contributed by atoms with Gasteiger partial charge in [-0.05, 0) is 36.4 Å². The van der Waals surface area contributed by atoms with Crippen molar-refractivity contribution in [3.63, 3.8) is 0 Å². The van der Waals surface area contributed by atoms with E-state index >= 15 is 0 Å². The normalized spacial score (nSPS) is 10.5. The third-order valence-corrected chi connectivity index (χ3v) is 3.87. The van der Waals surface area contributed by atoms with E-state index in [2.05, 4.69) is 26.3 Å². The van der Waals surface area contributed by atoms with Gasteiger partial charge in [0.25, 0.3) is 5.56 Å². The molecule has 1 heterocycles. The lowest BCUT2D eigenvalue weighted by Crippen LogP contribution is -2.22. The Balaban J connectivity index is 1.76. The molecule has 116 valence electrons. The summed E-state index contributed by atoms with van der Waals surface area (Å²) in [6, 6.07) is 16.5. The van der Waals surface area contributed by atoms with Crippen molar-refractivity contribution in [1.29, 1.82) is 0 Å². The number of carbonyl (C=O) groups is 1. The van der Waals surface area contributed by atoms with Gasteiger partial charge in [0.2, 0.25) is 5.91 Å². The van der Waals surface area contributed by atoms with E-state index in [0.29, 0.717) is 16.9 Å². The Hall–Kier alpha value is -2.60. The molecule has 1 aromatic heterocycles. The zero-order valence-corrected chi connectivity index (χ0v) is 13.7. The molecule has 0 atom stereocenters. The number of aromatic amines is 1. The first-order valence-electron chi connectivity index (χ1n) is 7.03. The standard InChI is InChI=1S/C17H14BrN3O2/c18-13-6-8-15(9-7-13)21-17(23)12(11-19-21)10-16(22)20-14-4-2-1-3-5-14/h1-9,11,19H,10H2,(H,20,22). The molecule has 0 aliphatic carbocycles. The number of carbonyl (C=O) groups excluding carboxylic acids is 1. The van der Waals surface area contributed by atoms with Crippen LogP contribution in [0.1, 0.15) is 5.56 Å². The van der Waals surface area contributed by atoms with Crippen molar-refractivity contribution in [2.45, 2.75) is 6.42 Å². The van der Waals surface area contributed by atoms with E-state index < -0.39 is 0 Å². The molecule has 5 nitrogen and oxygen atoms in total. The first-order chi connectivity index (χ1) is 11.1. The van der Waals surface area contributed by atoms with Gasteiger partial charge in [0.05, 0.1) is 12.1 Å². The van der Waals surface area contributed by atoms with Crippen molar-refractivity contribution in [2.24, 2.45) is 0 Å². The van der Waals surface area contributed by atoms with Crippen LogP contribution in [0.3, 0.4) is 0 Å². The number of hydrogen-bond acceptors (Lipinski definition) is 2. The van der Waals surface area contributed by atoms with Crippen LogP contribution < -0.4 is 10.9 Å². The number of amides is 1. The molecule has 0 bridgehead atoms. The molecule has 0 saturated carbocycles. The molecule has 2 N–H and O–H groups in total. The van der Waals surface area contributed by atoms with Crippen LogP contribution in [-0.4, -0.2) is 15.7 Å². The van der Waals surface area contributed by atoms with E-state index in [9.17, 15) is 9.59 Å². The summed E-state index contributed by atoms with van der Waals surface area (Å²) in [6.07, 6.45) is 1.59. The molecule has 0 saturated heterocycles. The number of aromatic nitrogens is 2. The highest BCUT2D eigenvalue weighted by atomic mass is 79.9. The smallest absolute Gasteiger partial charge is 0.274 e. The molecule has 0 fully saturated rings. The summed E-state index contributed by atoms with van der Waals surface area (Å²) in [5, 5.41) is 5.65. The van der Waals surface area contributed by atoms with Crippen LogP contribution in [0.5, 0.6) is 0 Å². The van der Waals surface area contributed by atoms with Gasteiger partial charge in [-0.15, -0.1) is 0 Å². The molecule has 0 radical (unpaired) electrons. The second-order valence-corrected chi connectivity index (χ2v) is 5.92. The lowest BCUT2D eigenvalue weighted by atomic mass is 10.2. The quantitative estimate of drug-likeness (QED) is 0.739. The SMILES string of the molecule is O=C(Cc1c[nH]n(-c2ccc(Br)cc2)c1=O)Nc1ccccc1. The number of benzene rings is 2. The van der Waals surface area contributed by atoms with Crippen LogP contribution in [0.4, 0.5) is 5.69 Å². The lowest BCUT2D eigenvalue weighted by molar-refractivity contribution is -0.115. The van der Waals surface area contributed by atoms with Gasteiger partial charge >= 0.3 is 0 Å². The van der Waals surface area contributed by atoms with Crippen molar-refractivity contribution in [2.75, 3.05) is 5.32 Å². The summed E-state index contributed by atoms with van der Waals surface area (Å²) < 4.78 is 2.35. The number of nitrogens with one attached hydrogen (secondary N) is 2. The van der Waals surface area contributed by atoms with Gasteiger partial charge in [-0.2, -0.15) is 0 Å². The molecule has 0 aliphatic rings. The van der Waals surface area contributed by atoms with E-state index in [1.807, 2.05) is 42.5 Å². The second-order valence-electron chi connectivity index (χ2n) is 5.01. The highest BCUT2D eigenvalue weighted by Crippen LogP contribution is 2.12. The monoisotopic (exact) mass is 371 g/mol. The highest BCUT2D eigenvalue weighted by Gasteiger charge is 2.12. The van der Waals surface area contributed by atoms with Gasteiger partial charge in [0.15, 0.2) is 0 Å². The van der Waals surface area contributed by atoms with E-state index in [-0.39, 0.29) is 17.9 Å². The lowest BCUT2D eigenvalue weighted by Gasteiger charge is -2.03. The Labute approximate surface area is 141 Å². The average molecular weight is 372 g/mol. The van der Waals surface area contributed by atoms with Crippen LogP contribution in [0.2, 0.25) is 0 Å². The highest BCUT2D eigenvalue weighted by molar-refractivity contribution is 9.10. The molecular formula is C17H14BrN3O2. The Bertz CT molecular complexity index is 867. The fraction of sp³-hybridized carbons (Fsp3) is 0.0588. The van der Waals surface area contributed by atoms with Gasteiger partial charge in [0, 0.05) is 21.9 Å². The maximum Gasteiger partial charge on any atom is 0.274 e. The Morgan fingerprint density at radius 1 is 1.09 bits per heavy atom. The Morgan fingerprint density at radius 2 is 1.78 bits per heavy atom. The van der Waals surface area contributed by atoms with E-state index in [1.54, 1.807) is 18.3 Å². The van der Waals surface area contributed by atoms with Crippen LogP contribution in [0.15, 0.2) is 70.1 Å². The van der Waals surface area contributed by atoms with Crippen molar-refractivity contribution in [1.82, 2.24) is 9.78 Å². The van der Waals surface area contributed by atoms with E-state index in [1.165, 1.54) is 4.68 Å². The molecule has 2 aromatic carbocycles. The zero-order valence-electron chi connectivity index (χ0n) is 12.1. The average Bonchev–Trinajstić information content (AvgIpc) is 2.90. The third-order valence-electron chi connectivity index (χ3n) is 3.34. The molecule has 0 spiro atoms. The van der Waals surface area contributed by atoms with Crippen molar-refractivity contribution < 1.29 is 4.79 Å². The molecule has 0 unspecified atom stereocenters. The van der Waals surface area contributed by atoms with Gasteiger partial charge in [-0.1, -0.05) is 34.1 Å². The zero-order chi connectivity index (χ0) is 16.2. The fourth-order valence-electron chi connectivity index (χ4n) is 2.21. The van der Waals surface area contributed by atoms with E-state index in [4.69, 9.17) is 0 Å². The van der Waals surface area contributed by atoms with Gasteiger partial charge < -0.3 is 5.32 Å². The summed E-state index contributed by atoms with van der Waals surface area (Å²) in [4.78, 5) is 24.4. The first-order valence-corrected chi connectivity index (χ1v) is 7.83. The maximum absolute atomic E-state index is 12.4. The minimum Gasteiger partial charge on any atom is -0.326 e. The third kappa shape index (κ3) is 3.60. The summed E-state index contributed by atoms with van der Waals surface area (Å²) in [5.41, 5.74) is 1.62. The van der Waals surface area contributed by atoms with Gasteiger partial charge in [0.1, 0.15) is 0 Å². The topological polar surface area (TPSA) is 66.9 Å². The number of nitrogens with zero attached hydrogens (tertiary/aromatic N) is 1. The van der Waals surface area contributed by atoms with Gasteiger partial charge in [-0.3, -0.25) is 14.7 Å². The summed E-state index contributed by atoms with van der Waals surface area (Å²) in [7, 11) is 0. The fourth-order valence-corrected chi connectivity index (χ4v) is 2.48. The van der Waals surface area contributed by atoms with Crippen LogP contribution in [0.25, 0.3) is 5.69 Å². The molecule has 6 heteroatoms. The predicted molar refractivity (Wildman–Crippen MR) is 92.9 cm³/mol. The Morgan fingerprint density at radius 3 is 2.48 bits per heavy atom. The maximum atomic E-state index is 12.4. The molecular weight excluding hydrogens is 358 g/mol. The molecule has 3 rings (SSSR count). The summed E-state index contributed by atoms with van der Waals surface area (Å²) in [6.45, 7) is 0. The number of rotatable bonds is 4. The summed E-state index contributed by atoms with van der Waals surface area (Å²) in [5.74, 6) is -0.227. The van der Waals surface area contributed by atoms with Crippen molar-refractivity contribution in [3.05, 3.63) is 81.2 Å². The predicted octanol–water partition coefficient (Wildman–Crippen LogP) is 3.11. The number of anilines is 1. The van der Waals surface area contributed by atoms with E-state index in [0.717, 1.165) is 4.47 Å². The molecule has 0 aliphatic heterocycles. The number of para-hydroxylation sites is 1. The number of H-pyrrole nitrogens is 1. The van der Waals surface area contributed by atoms with Crippen LogP contribution in [-0.2, 0) is 11.2 Å². The molecule has 1 amide bonds. The van der Waals surface area contributed by atoms with Crippen molar-refractivity contribution >= 4 is 27.5 Å². The van der Waals surface area contributed by atoms with Crippen LogP contribution in [0, 0.1) is 0 Å². The van der Waals surface area contributed by atoms with Gasteiger partial charge in [-0.25, -0.2) is 4.68 Å². The van der Waals surface area contributed by atoms with Crippen LogP contribution >= 0.6 is 15.9 Å². The Kier molecular flexibility index (Phi) is 4.43. The number of hydrogen-bond donors (Lipinski definition) is 2. The molecule has 23 heavy (non-hydrogen) atoms. The number of halogens is 1. The largest absolute Gasteiger partial charge is 0.326 e. The summed E-state index contributed by atoms with van der Waals surface area (Å²) >= 11 is 3.36. The minimum atomic E-state index is -0.227. The second kappa shape index (κ2) is 6.66. The molecule has 3 aromatic rings. The van der Waals surface area contributed by atoms with Crippen molar-refractivity contribution in [3.8, 4) is 5.69 Å². The first kappa shape index (κ1) is 15.3.